The fraction of sp³-hybridized carbons (Fsp3) is 0.227. The largest absolute Gasteiger partial charge is 0.378 e. The molecule has 1 aromatic carbocycles. The number of rotatable bonds is 4. The molecule has 0 aliphatic carbocycles. The van der Waals surface area contributed by atoms with E-state index < -0.39 is 9.73 Å². The van der Waals surface area contributed by atoms with Crippen LogP contribution in [0.5, 0.6) is 0 Å². The van der Waals surface area contributed by atoms with Gasteiger partial charge >= 0.3 is 0 Å². The second kappa shape index (κ2) is 7.75. The van der Waals surface area contributed by atoms with Gasteiger partial charge < -0.3 is 9.64 Å². The van der Waals surface area contributed by atoms with Gasteiger partial charge in [0.1, 0.15) is 17.0 Å². The van der Waals surface area contributed by atoms with Gasteiger partial charge in [-0.15, -0.1) is 0 Å². The Bertz CT molecular complexity index is 1330. The Balaban J connectivity index is 1.73. The van der Waals surface area contributed by atoms with Crippen LogP contribution in [-0.4, -0.2) is 56.9 Å². The summed E-state index contributed by atoms with van der Waals surface area (Å²) in [6.45, 7) is 2.87. The van der Waals surface area contributed by atoms with Crippen LogP contribution in [0.4, 0.5) is 5.82 Å². The number of aromatic amines is 1. The van der Waals surface area contributed by atoms with Crippen molar-refractivity contribution in [1.82, 2.24) is 20.2 Å². The molecule has 0 spiro atoms. The number of morpholine rings is 1. The van der Waals surface area contributed by atoms with Crippen LogP contribution >= 0.6 is 0 Å². The third-order valence-corrected chi connectivity index (χ3v) is 6.59. The SMILES string of the molecule is CS(=N)(=O)c1ccc(-c2cc(N3CCOCC3)nc3c(-c4ccn[nH]4)nccc23)cc1. The van der Waals surface area contributed by atoms with Crippen LogP contribution in [-0.2, 0) is 14.5 Å². The summed E-state index contributed by atoms with van der Waals surface area (Å²) in [6, 6.07) is 13.3. The van der Waals surface area contributed by atoms with E-state index in [2.05, 4.69) is 26.1 Å². The van der Waals surface area contributed by atoms with Gasteiger partial charge in [-0.25, -0.2) is 14.0 Å². The number of nitrogens with zero attached hydrogens (tertiary/aromatic N) is 4. The molecule has 1 saturated heterocycles. The zero-order valence-corrected chi connectivity index (χ0v) is 17.9. The molecule has 31 heavy (non-hydrogen) atoms. The Kier molecular flexibility index (Phi) is 4.91. The quantitative estimate of drug-likeness (QED) is 0.508. The number of ether oxygens (including phenoxy) is 1. The van der Waals surface area contributed by atoms with Crippen molar-refractivity contribution in [3.8, 4) is 22.5 Å². The van der Waals surface area contributed by atoms with Crippen LogP contribution in [0, 0.1) is 4.78 Å². The Morgan fingerprint density at radius 2 is 1.87 bits per heavy atom. The molecule has 1 fully saturated rings. The van der Waals surface area contributed by atoms with Gasteiger partial charge in [0.2, 0.25) is 0 Å². The highest BCUT2D eigenvalue weighted by Gasteiger charge is 2.19. The van der Waals surface area contributed by atoms with Gasteiger partial charge in [-0.2, -0.15) is 5.10 Å². The molecule has 1 unspecified atom stereocenters. The van der Waals surface area contributed by atoms with Gasteiger partial charge in [0.05, 0.1) is 28.6 Å². The van der Waals surface area contributed by atoms with Crippen molar-refractivity contribution >= 4 is 26.4 Å². The maximum atomic E-state index is 12.1. The molecule has 0 radical (unpaired) electrons. The van der Waals surface area contributed by atoms with Crippen LogP contribution in [0.15, 0.2) is 59.8 Å². The molecule has 0 saturated carbocycles. The lowest BCUT2D eigenvalue weighted by Crippen LogP contribution is -2.36. The van der Waals surface area contributed by atoms with Crippen LogP contribution in [0.3, 0.4) is 0 Å². The minimum atomic E-state index is -2.76. The van der Waals surface area contributed by atoms with Crippen LogP contribution in [0.25, 0.3) is 33.4 Å². The van der Waals surface area contributed by atoms with Crippen LogP contribution in [0.1, 0.15) is 0 Å². The predicted molar refractivity (Wildman–Crippen MR) is 121 cm³/mol. The minimum absolute atomic E-state index is 0.517. The first-order valence-corrected chi connectivity index (χ1v) is 11.9. The summed E-state index contributed by atoms with van der Waals surface area (Å²) in [5.74, 6) is 0.864. The van der Waals surface area contributed by atoms with Gasteiger partial charge in [-0.05, 0) is 41.5 Å². The van der Waals surface area contributed by atoms with Gasteiger partial charge in [0.25, 0.3) is 0 Å². The zero-order valence-electron chi connectivity index (χ0n) is 17.0. The lowest BCUT2D eigenvalue weighted by Gasteiger charge is -2.28. The number of benzene rings is 1. The van der Waals surface area contributed by atoms with E-state index in [0.29, 0.717) is 18.1 Å². The fourth-order valence-corrected chi connectivity index (χ4v) is 4.47. The topological polar surface area (TPSA) is 108 Å². The van der Waals surface area contributed by atoms with Gasteiger partial charge in [-0.1, -0.05) is 12.1 Å². The van der Waals surface area contributed by atoms with Crippen LogP contribution in [0.2, 0.25) is 0 Å². The van der Waals surface area contributed by atoms with E-state index in [9.17, 15) is 4.21 Å². The van der Waals surface area contributed by atoms with E-state index >= 15 is 0 Å². The maximum Gasteiger partial charge on any atom is 0.130 e. The predicted octanol–water partition coefficient (Wildman–Crippen LogP) is 3.56. The van der Waals surface area contributed by atoms with Crippen molar-refractivity contribution in [1.29, 1.82) is 4.78 Å². The van der Waals surface area contributed by atoms with E-state index in [1.165, 1.54) is 6.26 Å². The molecule has 4 heterocycles. The second-order valence-corrected chi connectivity index (χ2v) is 9.68. The average molecular weight is 435 g/mol. The highest BCUT2D eigenvalue weighted by Crippen LogP contribution is 2.35. The molecule has 158 valence electrons. The summed E-state index contributed by atoms with van der Waals surface area (Å²) >= 11 is 0. The third kappa shape index (κ3) is 3.77. The van der Waals surface area contributed by atoms with Gasteiger partial charge in [-0.3, -0.25) is 10.1 Å². The molecule has 3 aromatic heterocycles. The summed E-state index contributed by atoms with van der Waals surface area (Å²) in [5, 5.41) is 8.02. The summed E-state index contributed by atoms with van der Waals surface area (Å²) in [7, 11) is -2.76. The molecule has 9 heteroatoms. The zero-order chi connectivity index (χ0) is 21.4. The molecule has 1 aliphatic rings. The molecule has 1 atom stereocenters. The molecule has 1 aliphatic heterocycles. The van der Waals surface area contributed by atoms with Crippen molar-refractivity contribution in [2.75, 3.05) is 37.5 Å². The van der Waals surface area contributed by atoms with Crippen molar-refractivity contribution < 1.29 is 8.95 Å². The first kappa shape index (κ1) is 19.7. The van der Waals surface area contributed by atoms with E-state index in [4.69, 9.17) is 14.5 Å². The minimum Gasteiger partial charge on any atom is -0.378 e. The van der Waals surface area contributed by atoms with Crippen molar-refractivity contribution in [2.45, 2.75) is 4.90 Å². The number of H-pyrrole nitrogens is 1. The summed E-state index contributed by atoms with van der Waals surface area (Å²) < 4.78 is 25.5. The molecular weight excluding hydrogens is 412 g/mol. The monoisotopic (exact) mass is 434 g/mol. The number of hydrogen-bond donors (Lipinski definition) is 2. The summed E-state index contributed by atoms with van der Waals surface area (Å²) in [4.78, 5) is 12.3. The molecular formula is C22H22N6O2S. The van der Waals surface area contributed by atoms with Crippen molar-refractivity contribution in [3.63, 3.8) is 0 Å². The highest BCUT2D eigenvalue weighted by atomic mass is 32.2. The Labute approximate surface area is 180 Å². The number of hydrogen-bond acceptors (Lipinski definition) is 7. The van der Waals surface area contributed by atoms with Gasteiger partial charge in [0.15, 0.2) is 0 Å². The normalized spacial score (nSPS) is 16.4. The lowest BCUT2D eigenvalue weighted by molar-refractivity contribution is 0.122. The van der Waals surface area contributed by atoms with E-state index in [1.807, 2.05) is 24.3 Å². The molecule has 2 N–H and O–H groups in total. The number of fused-ring (bicyclic) bond motifs is 1. The molecule has 5 rings (SSSR count). The fourth-order valence-electron chi connectivity index (χ4n) is 3.81. The number of nitrogens with one attached hydrogen (secondary N) is 2. The second-order valence-electron chi connectivity index (χ2n) is 7.52. The average Bonchev–Trinajstić information content (AvgIpc) is 3.33. The summed E-state index contributed by atoms with van der Waals surface area (Å²) in [6.07, 6.45) is 4.91. The Hall–Kier alpha value is -3.30. The van der Waals surface area contributed by atoms with Crippen molar-refractivity contribution in [2.24, 2.45) is 0 Å². The number of anilines is 1. The maximum absolute atomic E-state index is 12.1. The third-order valence-electron chi connectivity index (χ3n) is 5.42. The summed E-state index contributed by atoms with van der Waals surface area (Å²) in [5.41, 5.74) is 4.31. The first-order chi connectivity index (χ1) is 15.0. The van der Waals surface area contributed by atoms with E-state index in [0.717, 1.165) is 52.3 Å². The first-order valence-electron chi connectivity index (χ1n) is 9.97. The van der Waals surface area contributed by atoms with Crippen LogP contribution < -0.4 is 4.90 Å². The smallest absolute Gasteiger partial charge is 0.130 e. The number of pyridine rings is 2. The highest BCUT2D eigenvalue weighted by molar-refractivity contribution is 7.91. The molecule has 0 amide bonds. The Morgan fingerprint density at radius 1 is 1.10 bits per heavy atom. The molecule has 0 bridgehead atoms. The molecule has 8 nitrogen and oxygen atoms in total. The van der Waals surface area contributed by atoms with E-state index in [1.54, 1.807) is 24.5 Å². The molecule has 4 aromatic rings. The Morgan fingerprint density at radius 3 is 2.55 bits per heavy atom. The lowest BCUT2D eigenvalue weighted by atomic mass is 10.00. The number of aromatic nitrogens is 4. The van der Waals surface area contributed by atoms with Gasteiger partial charge in [0, 0.05) is 42.0 Å². The standard InChI is InChI=1S/C22H22N6O2S/c1-31(23,29)16-4-2-15(3-5-16)18-14-20(28-10-12-30-13-11-28)26-21-17(18)6-8-24-22(21)19-7-9-25-27-19/h2-9,14,23H,10-13H2,1H3,(H,25,27). The van der Waals surface area contributed by atoms with Crippen molar-refractivity contribution in [3.05, 3.63) is 54.9 Å². The van der Waals surface area contributed by atoms with E-state index in [-0.39, 0.29) is 0 Å².